The van der Waals surface area contributed by atoms with Crippen molar-refractivity contribution in [3.63, 3.8) is 0 Å². The van der Waals surface area contributed by atoms with Crippen LogP contribution in [0.5, 0.6) is 0 Å². The number of carbonyl (C=O) groups excluding carboxylic acids is 1. The van der Waals surface area contributed by atoms with Gasteiger partial charge in [0.05, 0.1) is 26.7 Å². The van der Waals surface area contributed by atoms with E-state index in [1.54, 1.807) is 0 Å². The van der Waals surface area contributed by atoms with Gasteiger partial charge in [-0.3, -0.25) is 4.79 Å². The zero-order valence-corrected chi connectivity index (χ0v) is 11.2. The van der Waals surface area contributed by atoms with Crippen LogP contribution in [0, 0.1) is 0 Å². The van der Waals surface area contributed by atoms with Crippen LogP contribution in [0.15, 0.2) is 30.3 Å². The summed E-state index contributed by atoms with van der Waals surface area (Å²) >= 11 is 0. The molecule has 98 valence electrons. The van der Waals surface area contributed by atoms with Crippen LogP contribution in [0.2, 0.25) is 0 Å². The standard InChI is InChI=1S/C15H22N2O/c1-17(11-5-6-12-17)13-7-10-16-15(18)14-8-3-2-4-9-14/h2-4,8-9H,5-7,10-13H2,1H3/p+1. The van der Waals surface area contributed by atoms with Crippen LogP contribution in [-0.4, -0.2) is 43.6 Å². The minimum atomic E-state index is 0.0414. The fourth-order valence-corrected chi connectivity index (χ4v) is 2.68. The largest absolute Gasteiger partial charge is 0.352 e. The van der Waals surface area contributed by atoms with Crippen molar-refractivity contribution < 1.29 is 9.28 Å². The zero-order valence-electron chi connectivity index (χ0n) is 11.2. The minimum absolute atomic E-state index is 0.0414. The Hall–Kier alpha value is -1.35. The number of benzene rings is 1. The first-order chi connectivity index (χ1) is 8.70. The van der Waals surface area contributed by atoms with Crippen molar-refractivity contribution in [2.45, 2.75) is 19.3 Å². The Kier molecular flexibility index (Phi) is 4.37. The Morgan fingerprint density at radius 1 is 1.22 bits per heavy atom. The molecule has 3 nitrogen and oxygen atoms in total. The Bertz CT molecular complexity index is 383. The van der Waals surface area contributed by atoms with Crippen LogP contribution in [0.1, 0.15) is 29.6 Å². The van der Waals surface area contributed by atoms with Gasteiger partial charge in [-0.1, -0.05) is 18.2 Å². The van der Waals surface area contributed by atoms with Gasteiger partial charge in [-0.25, -0.2) is 0 Å². The van der Waals surface area contributed by atoms with E-state index in [-0.39, 0.29) is 5.91 Å². The van der Waals surface area contributed by atoms with Gasteiger partial charge in [0, 0.05) is 31.4 Å². The van der Waals surface area contributed by atoms with Crippen molar-refractivity contribution in [1.29, 1.82) is 0 Å². The quantitative estimate of drug-likeness (QED) is 0.626. The summed E-state index contributed by atoms with van der Waals surface area (Å²) in [5, 5.41) is 2.99. The fraction of sp³-hybridized carbons (Fsp3) is 0.533. The van der Waals surface area contributed by atoms with E-state index in [1.807, 2.05) is 30.3 Å². The first-order valence-corrected chi connectivity index (χ1v) is 6.86. The molecule has 0 spiro atoms. The van der Waals surface area contributed by atoms with Crippen molar-refractivity contribution in [2.24, 2.45) is 0 Å². The molecule has 18 heavy (non-hydrogen) atoms. The van der Waals surface area contributed by atoms with Gasteiger partial charge in [0.2, 0.25) is 0 Å². The molecule has 0 bridgehead atoms. The summed E-state index contributed by atoms with van der Waals surface area (Å²) < 4.78 is 1.18. The molecule has 0 aliphatic carbocycles. The molecule has 0 saturated carbocycles. The van der Waals surface area contributed by atoms with Gasteiger partial charge >= 0.3 is 0 Å². The molecule has 0 atom stereocenters. The number of hydrogen-bond acceptors (Lipinski definition) is 1. The lowest BCUT2D eigenvalue weighted by molar-refractivity contribution is -0.897. The van der Waals surface area contributed by atoms with Crippen molar-refractivity contribution >= 4 is 5.91 Å². The van der Waals surface area contributed by atoms with Crippen LogP contribution in [0.25, 0.3) is 0 Å². The number of likely N-dealkylation sites (tertiary alicyclic amines) is 1. The Morgan fingerprint density at radius 3 is 2.56 bits per heavy atom. The van der Waals surface area contributed by atoms with E-state index in [4.69, 9.17) is 0 Å². The number of quaternary nitrogens is 1. The van der Waals surface area contributed by atoms with E-state index in [2.05, 4.69) is 12.4 Å². The molecule has 1 amide bonds. The maximum Gasteiger partial charge on any atom is 0.251 e. The summed E-state index contributed by atoms with van der Waals surface area (Å²) in [6.07, 6.45) is 3.77. The summed E-state index contributed by atoms with van der Waals surface area (Å²) in [6.45, 7) is 4.55. The smallest absolute Gasteiger partial charge is 0.251 e. The van der Waals surface area contributed by atoms with Gasteiger partial charge in [-0.15, -0.1) is 0 Å². The minimum Gasteiger partial charge on any atom is -0.352 e. The third-order valence-corrected chi connectivity index (χ3v) is 3.84. The van der Waals surface area contributed by atoms with E-state index >= 15 is 0 Å². The molecule has 1 aromatic rings. The van der Waals surface area contributed by atoms with Crippen LogP contribution < -0.4 is 5.32 Å². The van der Waals surface area contributed by atoms with Crippen molar-refractivity contribution in [3.05, 3.63) is 35.9 Å². The van der Waals surface area contributed by atoms with Gasteiger partial charge in [0.15, 0.2) is 0 Å². The highest BCUT2D eigenvalue weighted by Crippen LogP contribution is 2.16. The molecule has 1 heterocycles. The van der Waals surface area contributed by atoms with Crippen LogP contribution >= 0.6 is 0 Å². The molecule has 0 aromatic heterocycles. The summed E-state index contributed by atoms with van der Waals surface area (Å²) in [5.41, 5.74) is 0.749. The number of rotatable bonds is 5. The fourth-order valence-electron chi connectivity index (χ4n) is 2.68. The van der Waals surface area contributed by atoms with E-state index in [9.17, 15) is 4.79 Å². The highest BCUT2D eigenvalue weighted by molar-refractivity contribution is 5.94. The lowest BCUT2D eigenvalue weighted by atomic mass is 10.2. The van der Waals surface area contributed by atoms with Gasteiger partial charge < -0.3 is 9.80 Å². The Labute approximate surface area is 109 Å². The first kappa shape index (κ1) is 13.1. The number of nitrogens with zero attached hydrogens (tertiary/aromatic N) is 1. The van der Waals surface area contributed by atoms with E-state index in [1.165, 1.54) is 37.0 Å². The van der Waals surface area contributed by atoms with Crippen molar-refractivity contribution in [1.82, 2.24) is 5.32 Å². The maximum absolute atomic E-state index is 11.8. The van der Waals surface area contributed by atoms with Gasteiger partial charge in [-0.05, 0) is 12.1 Å². The predicted octanol–water partition coefficient (Wildman–Crippen LogP) is 2.05. The first-order valence-electron chi connectivity index (χ1n) is 6.86. The number of nitrogens with one attached hydrogen (secondary N) is 1. The van der Waals surface area contributed by atoms with Crippen molar-refractivity contribution in [2.75, 3.05) is 33.2 Å². The van der Waals surface area contributed by atoms with Gasteiger partial charge in [0.25, 0.3) is 5.91 Å². The van der Waals surface area contributed by atoms with Gasteiger partial charge in [0.1, 0.15) is 0 Å². The summed E-state index contributed by atoms with van der Waals surface area (Å²) in [5.74, 6) is 0.0414. The molecule has 3 heteroatoms. The molecule has 2 rings (SSSR count). The molecule has 1 fully saturated rings. The maximum atomic E-state index is 11.8. The van der Waals surface area contributed by atoms with Crippen LogP contribution in [-0.2, 0) is 0 Å². The monoisotopic (exact) mass is 247 g/mol. The van der Waals surface area contributed by atoms with Crippen LogP contribution in [0.3, 0.4) is 0 Å². The second-order valence-corrected chi connectivity index (χ2v) is 5.47. The number of hydrogen-bond donors (Lipinski definition) is 1. The Balaban J connectivity index is 1.68. The lowest BCUT2D eigenvalue weighted by Crippen LogP contribution is -2.42. The zero-order chi connectivity index (χ0) is 12.8. The average molecular weight is 247 g/mol. The SMILES string of the molecule is C[N+]1(CCCNC(=O)c2ccccc2)CCCC1. The Morgan fingerprint density at radius 2 is 1.89 bits per heavy atom. The van der Waals surface area contributed by atoms with Crippen molar-refractivity contribution in [3.8, 4) is 0 Å². The molecular formula is C15H23N2O+. The molecular weight excluding hydrogens is 224 g/mol. The highest BCUT2D eigenvalue weighted by Gasteiger charge is 2.25. The molecule has 1 aromatic carbocycles. The normalized spacial score (nSPS) is 17.6. The lowest BCUT2D eigenvalue weighted by Gasteiger charge is -2.29. The van der Waals surface area contributed by atoms with E-state index in [0.29, 0.717) is 0 Å². The number of carbonyl (C=O) groups is 1. The number of amides is 1. The summed E-state index contributed by atoms with van der Waals surface area (Å²) in [4.78, 5) is 11.8. The molecule has 1 aliphatic heterocycles. The second kappa shape index (κ2) is 6.01. The average Bonchev–Trinajstić information content (AvgIpc) is 2.83. The van der Waals surface area contributed by atoms with Crippen LogP contribution in [0.4, 0.5) is 0 Å². The molecule has 1 aliphatic rings. The van der Waals surface area contributed by atoms with Gasteiger partial charge in [-0.2, -0.15) is 0 Å². The summed E-state index contributed by atoms with van der Waals surface area (Å²) in [6, 6.07) is 9.42. The molecule has 0 radical (unpaired) electrons. The van der Waals surface area contributed by atoms with E-state index < -0.39 is 0 Å². The molecule has 1 saturated heterocycles. The highest BCUT2D eigenvalue weighted by atomic mass is 16.1. The molecule has 0 unspecified atom stereocenters. The molecule has 1 N–H and O–H groups in total. The van der Waals surface area contributed by atoms with E-state index in [0.717, 1.165) is 18.5 Å². The topological polar surface area (TPSA) is 29.1 Å². The third-order valence-electron chi connectivity index (χ3n) is 3.84. The predicted molar refractivity (Wildman–Crippen MR) is 73.4 cm³/mol. The summed E-state index contributed by atoms with van der Waals surface area (Å²) in [7, 11) is 2.33. The second-order valence-electron chi connectivity index (χ2n) is 5.47. The third kappa shape index (κ3) is 3.57.